The van der Waals surface area contributed by atoms with E-state index in [1.807, 2.05) is 22.3 Å². The SMILES string of the molecule is CC(C)(C)C1C=C2C(=CC1)C1C3=CCCC4=C3C(C3=C1C(CC2c1cccc2c1C1CC=CCC1C2)CC(N1C2C=CC(C(C)(C)C)CC2C2(C)CCCCC12C)C3)C1Sc2ccccc2C41. The zero-order chi connectivity index (χ0) is 45.5. The van der Waals surface area contributed by atoms with Crippen molar-refractivity contribution in [2.75, 3.05) is 0 Å². The van der Waals surface area contributed by atoms with Crippen molar-refractivity contribution in [3.05, 3.63) is 146 Å². The lowest BCUT2D eigenvalue weighted by Gasteiger charge is -2.55. The number of hydrogen-bond acceptors (Lipinski definition) is 2. The molecule has 1 nitrogen and oxygen atoms in total. The first-order valence-electron chi connectivity index (χ1n) is 27.8. The van der Waals surface area contributed by atoms with E-state index in [4.69, 9.17) is 0 Å². The van der Waals surface area contributed by atoms with Gasteiger partial charge in [-0.05, 0) is 186 Å². The summed E-state index contributed by atoms with van der Waals surface area (Å²) in [6, 6.07) is 18.5. The van der Waals surface area contributed by atoms with Crippen LogP contribution in [0.5, 0.6) is 0 Å². The predicted octanol–water partition coefficient (Wildman–Crippen LogP) is 16.6. The smallest absolute Gasteiger partial charge is 0.0321 e. The maximum atomic E-state index is 3.33. The van der Waals surface area contributed by atoms with Crippen molar-refractivity contribution in [3.63, 3.8) is 0 Å². The summed E-state index contributed by atoms with van der Waals surface area (Å²) in [5, 5.41) is 0.601. The van der Waals surface area contributed by atoms with Crippen LogP contribution in [0.4, 0.5) is 0 Å². The summed E-state index contributed by atoms with van der Waals surface area (Å²) in [5.41, 5.74) is 20.8. The Kier molecular flexibility index (Phi) is 9.42. The van der Waals surface area contributed by atoms with Gasteiger partial charge in [-0.3, -0.25) is 4.90 Å². The lowest BCUT2D eigenvalue weighted by atomic mass is 9.55. The molecule has 3 fully saturated rings. The van der Waals surface area contributed by atoms with Crippen LogP contribution in [-0.4, -0.2) is 27.8 Å². The molecule has 0 N–H and O–H groups in total. The summed E-state index contributed by atoms with van der Waals surface area (Å²) < 4.78 is 0. The highest BCUT2D eigenvalue weighted by Gasteiger charge is 2.67. The van der Waals surface area contributed by atoms with Crippen LogP contribution in [0, 0.1) is 57.7 Å². The average Bonchev–Trinajstić information content (AvgIpc) is 4.00. The van der Waals surface area contributed by atoms with Gasteiger partial charge in [0.1, 0.15) is 0 Å². The molecule has 15 atom stereocenters. The molecule has 2 heteroatoms. The Morgan fingerprint density at radius 3 is 2.37 bits per heavy atom. The molecule has 12 aliphatic rings. The van der Waals surface area contributed by atoms with Gasteiger partial charge in [-0.2, -0.15) is 0 Å². The van der Waals surface area contributed by atoms with Crippen molar-refractivity contribution in [2.45, 2.75) is 191 Å². The van der Waals surface area contributed by atoms with Crippen LogP contribution in [0.2, 0.25) is 0 Å². The number of thioether (sulfide) groups is 1. The van der Waals surface area contributed by atoms with Gasteiger partial charge in [0.05, 0.1) is 0 Å². The van der Waals surface area contributed by atoms with Gasteiger partial charge >= 0.3 is 0 Å². The molecule has 350 valence electrons. The molecule has 2 saturated carbocycles. The highest BCUT2D eigenvalue weighted by atomic mass is 32.2. The van der Waals surface area contributed by atoms with E-state index in [0.717, 1.165) is 11.8 Å². The van der Waals surface area contributed by atoms with Gasteiger partial charge in [0.2, 0.25) is 0 Å². The summed E-state index contributed by atoms with van der Waals surface area (Å²) in [7, 11) is 0. The Labute approximate surface area is 409 Å². The lowest BCUT2D eigenvalue weighted by molar-refractivity contribution is -0.0262. The molecule has 2 aromatic carbocycles. The van der Waals surface area contributed by atoms with Crippen LogP contribution in [-0.2, 0) is 6.42 Å². The van der Waals surface area contributed by atoms with Gasteiger partial charge in [-0.25, -0.2) is 0 Å². The zero-order valence-corrected chi connectivity index (χ0v) is 43.2. The van der Waals surface area contributed by atoms with Gasteiger partial charge in [0.15, 0.2) is 0 Å². The maximum Gasteiger partial charge on any atom is 0.0321 e. The number of fused-ring (bicyclic) bond motifs is 15. The Hall–Kier alpha value is -3.07. The molecule has 2 aliphatic heterocycles. The Balaban J connectivity index is 0.985. The van der Waals surface area contributed by atoms with Gasteiger partial charge in [0, 0.05) is 51.4 Å². The number of allylic oxidation sites excluding steroid dienone is 12. The lowest BCUT2D eigenvalue weighted by Crippen LogP contribution is -2.58. The van der Waals surface area contributed by atoms with Crippen LogP contribution in [0.3, 0.4) is 0 Å². The molecule has 0 bridgehead atoms. The van der Waals surface area contributed by atoms with Gasteiger partial charge < -0.3 is 0 Å². The largest absolute Gasteiger partial charge is 0.287 e. The maximum absolute atomic E-state index is 3.33. The minimum Gasteiger partial charge on any atom is -0.287 e. The third-order valence-corrected chi connectivity index (χ3v) is 23.7. The summed E-state index contributed by atoms with van der Waals surface area (Å²) in [4.78, 5) is 4.91. The third-order valence-electron chi connectivity index (χ3n) is 22.3. The van der Waals surface area contributed by atoms with E-state index >= 15 is 0 Å². The Bertz CT molecular complexity index is 2680. The molecule has 2 heterocycles. The number of likely N-dealkylation sites (tertiary alicyclic amines) is 1. The standard InChI is InChI=1S/C65H79NS/c1-62(2,3)40-25-27-45-50(34-40)49(44-21-15-18-38-31-37-17-9-10-19-43(37)55(38)44)33-39-32-42(66-53-28-26-41(63(4,5)6)35-52(53)64(7)29-13-14-30-65(64,66)8)36-51-56(39)57(45)47-22-16-23-48-58(47)60(51)61-59(48)46-20-11-12-24-54(46)67-61/h9-12,15,18,20-22,24,26-28,34,37,39-43,49,52-53,57,59-61H,13-14,16-17,19,23,25,29-33,35-36H2,1-8H3. The monoisotopic (exact) mass is 906 g/mol. The summed E-state index contributed by atoms with van der Waals surface area (Å²) >= 11 is 2.29. The van der Waals surface area contributed by atoms with Crippen molar-refractivity contribution in [3.8, 4) is 0 Å². The van der Waals surface area contributed by atoms with Crippen LogP contribution in [0.1, 0.15) is 179 Å². The molecular formula is C65H79NS. The van der Waals surface area contributed by atoms with Gasteiger partial charge in [0.25, 0.3) is 0 Å². The predicted molar refractivity (Wildman–Crippen MR) is 280 cm³/mol. The second-order valence-electron chi connectivity index (χ2n) is 27.1. The molecule has 1 saturated heterocycles. The fourth-order valence-corrected chi connectivity index (χ4v) is 20.6. The molecule has 0 spiro atoms. The number of benzene rings is 2. The summed E-state index contributed by atoms with van der Waals surface area (Å²) in [6.45, 7) is 20.7. The second kappa shape index (κ2) is 14.7. The van der Waals surface area contributed by atoms with Crippen molar-refractivity contribution in [1.29, 1.82) is 0 Å². The minimum atomic E-state index is 0.220. The van der Waals surface area contributed by atoms with E-state index in [-0.39, 0.29) is 11.0 Å². The Morgan fingerprint density at radius 2 is 1.52 bits per heavy atom. The molecule has 14 rings (SSSR count). The van der Waals surface area contributed by atoms with E-state index in [1.165, 1.54) is 89.9 Å². The molecule has 2 aromatic rings. The van der Waals surface area contributed by atoms with Crippen LogP contribution in [0.15, 0.2) is 129 Å². The zero-order valence-electron chi connectivity index (χ0n) is 42.3. The molecule has 0 amide bonds. The van der Waals surface area contributed by atoms with Crippen LogP contribution < -0.4 is 0 Å². The van der Waals surface area contributed by atoms with E-state index in [2.05, 4.69) is 157 Å². The highest BCUT2D eigenvalue weighted by Crippen LogP contribution is 2.71. The first-order chi connectivity index (χ1) is 32.2. The molecule has 0 aromatic heterocycles. The second-order valence-corrected chi connectivity index (χ2v) is 28.3. The Morgan fingerprint density at radius 1 is 0.716 bits per heavy atom. The number of hydrogen-bond donors (Lipinski definition) is 0. The van der Waals surface area contributed by atoms with Crippen LogP contribution in [0.25, 0.3) is 0 Å². The minimum absolute atomic E-state index is 0.220. The van der Waals surface area contributed by atoms with Crippen molar-refractivity contribution >= 4 is 11.8 Å². The number of rotatable bonds is 2. The fourth-order valence-electron chi connectivity index (χ4n) is 18.9. The normalized spacial score (nSPS) is 42.3. The van der Waals surface area contributed by atoms with Gasteiger partial charge in [-0.15, -0.1) is 11.8 Å². The third kappa shape index (κ3) is 5.90. The summed E-state index contributed by atoms with van der Waals surface area (Å²) in [6.07, 6.45) is 37.4. The molecule has 10 aliphatic carbocycles. The van der Waals surface area contributed by atoms with E-state index in [1.54, 1.807) is 43.9 Å². The van der Waals surface area contributed by atoms with Crippen molar-refractivity contribution in [2.24, 2.45) is 57.7 Å². The molecule has 67 heavy (non-hydrogen) atoms. The molecule has 0 radical (unpaired) electrons. The van der Waals surface area contributed by atoms with Crippen molar-refractivity contribution in [1.82, 2.24) is 4.90 Å². The summed E-state index contributed by atoms with van der Waals surface area (Å²) in [5.74, 6) is 5.96. The van der Waals surface area contributed by atoms with Gasteiger partial charge in [-0.1, -0.05) is 157 Å². The highest BCUT2D eigenvalue weighted by molar-refractivity contribution is 8.00. The molecular weight excluding hydrogens is 827 g/mol. The first-order valence-corrected chi connectivity index (χ1v) is 28.7. The van der Waals surface area contributed by atoms with Crippen molar-refractivity contribution < 1.29 is 0 Å². The van der Waals surface area contributed by atoms with E-state index in [9.17, 15) is 0 Å². The number of nitrogens with zero attached hydrogens (tertiary/aromatic N) is 1. The fraction of sp³-hybridized carbons (Fsp3) is 0.600. The van der Waals surface area contributed by atoms with E-state index < -0.39 is 0 Å². The van der Waals surface area contributed by atoms with Crippen LogP contribution >= 0.6 is 11.8 Å². The quantitative estimate of drug-likeness (QED) is 0.276. The first kappa shape index (κ1) is 42.8. The molecule has 15 unspecified atom stereocenters. The average molecular weight is 906 g/mol. The van der Waals surface area contributed by atoms with E-state index in [0.29, 0.717) is 75.5 Å². The topological polar surface area (TPSA) is 3.24 Å².